The van der Waals surface area contributed by atoms with Gasteiger partial charge in [0.25, 0.3) is 0 Å². The quantitative estimate of drug-likeness (QED) is 0.798. The van der Waals surface area contributed by atoms with Crippen LogP contribution in [-0.2, 0) is 7.05 Å². The van der Waals surface area contributed by atoms with Gasteiger partial charge >= 0.3 is 0 Å². The molecule has 0 aliphatic carbocycles. The molecule has 0 unspecified atom stereocenters. The Balaban J connectivity index is 1.95. The summed E-state index contributed by atoms with van der Waals surface area (Å²) < 4.78 is 2.14. The Labute approximate surface area is 103 Å². The van der Waals surface area contributed by atoms with Gasteiger partial charge in [-0.1, -0.05) is 0 Å². The number of nitrogens with zero attached hydrogens (tertiary/aromatic N) is 2. The third-order valence-electron chi connectivity index (χ3n) is 3.00. The van der Waals surface area contributed by atoms with Gasteiger partial charge in [-0.15, -0.1) is 0 Å². The molecule has 0 bridgehead atoms. The summed E-state index contributed by atoms with van der Waals surface area (Å²) in [6.07, 6.45) is 3.26. The molecule has 3 nitrogen and oxygen atoms in total. The van der Waals surface area contributed by atoms with Crippen LogP contribution in [0, 0.1) is 0 Å². The summed E-state index contributed by atoms with van der Waals surface area (Å²) in [5.74, 6) is 0. The minimum atomic E-state index is 1.02. The first-order valence-electron chi connectivity index (χ1n) is 6.10. The number of rotatable bonds is 5. The van der Waals surface area contributed by atoms with E-state index in [-0.39, 0.29) is 0 Å². The van der Waals surface area contributed by atoms with Gasteiger partial charge in [0.1, 0.15) is 0 Å². The zero-order chi connectivity index (χ0) is 12.3. The van der Waals surface area contributed by atoms with Crippen molar-refractivity contribution in [3.05, 3.63) is 30.5 Å². The molecule has 92 valence electrons. The van der Waals surface area contributed by atoms with E-state index >= 15 is 0 Å². The minimum Gasteiger partial charge on any atom is -0.385 e. The van der Waals surface area contributed by atoms with Crippen LogP contribution >= 0.6 is 0 Å². The minimum absolute atomic E-state index is 1.02. The van der Waals surface area contributed by atoms with Crippen molar-refractivity contribution in [1.82, 2.24) is 9.47 Å². The Kier molecular flexibility index (Phi) is 3.69. The number of nitrogens with one attached hydrogen (secondary N) is 1. The van der Waals surface area contributed by atoms with Crippen LogP contribution in [0.5, 0.6) is 0 Å². The first kappa shape index (κ1) is 12.0. The van der Waals surface area contributed by atoms with Crippen molar-refractivity contribution in [2.24, 2.45) is 7.05 Å². The first-order valence-corrected chi connectivity index (χ1v) is 6.10. The second kappa shape index (κ2) is 5.23. The highest BCUT2D eigenvalue weighted by molar-refractivity contribution is 5.83. The fourth-order valence-corrected chi connectivity index (χ4v) is 2.02. The molecule has 0 radical (unpaired) electrons. The summed E-state index contributed by atoms with van der Waals surface area (Å²) in [6.45, 7) is 2.15. The maximum absolute atomic E-state index is 3.47. The Morgan fingerprint density at radius 3 is 2.82 bits per heavy atom. The molecule has 0 aliphatic rings. The predicted octanol–water partition coefficient (Wildman–Crippen LogP) is 2.54. The molecular weight excluding hydrogens is 210 g/mol. The summed E-state index contributed by atoms with van der Waals surface area (Å²) in [5, 5.41) is 4.76. The largest absolute Gasteiger partial charge is 0.385 e. The third kappa shape index (κ3) is 3.01. The first-order chi connectivity index (χ1) is 8.16. The van der Waals surface area contributed by atoms with E-state index in [4.69, 9.17) is 0 Å². The van der Waals surface area contributed by atoms with Gasteiger partial charge in [-0.25, -0.2) is 0 Å². The van der Waals surface area contributed by atoms with Gasteiger partial charge in [-0.05, 0) is 51.3 Å². The van der Waals surface area contributed by atoms with Crippen molar-refractivity contribution in [2.75, 3.05) is 32.5 Å². The van der Waals surface area contributed by atoms with Crippen LogP contribution in [0.2, 0.25) is 0 Å². The molecule has 17 heavy (non-hydrogen) atoms. The van der Waals surface area contributed by atoms with E-state index in [1.165, 1.54) is 23.0 Å². The van der Waals surface area contributed by atoms with Gasteiger partial charge in [0.05, 0.1) is 0 Å². The Bertz CT molecular complexity index is 485. The number of benzene rings is 1. The third-order valence-corrected chi connectivity index (χ3v) is 3.00. The highest BCUT2D eigenvalue weighted by Gasteiger charge is 1.99. The zero-order valence-corrected chi connectivity index (χ0v) is 10.9. The van der Waals surface area contributed by atoms with Crippen LogP contribution < -0.4 is 5.32 Å². The monoisotopic (exact) mass is 231 g/mol. The molecule has 0 spiro atoms. The van der Waals surface area contributed by atoms with Gasteiger partial charge in [0.2, 0.25) is 0 Å². The highest BCUT2D eigenvalue weighted by atomic mass is 15.1. The van der Waals surface area contributed by atoms with Gasteiger partial charge in [0.15, 0.2) is 0 Å². The maximum atomic E-state index is 3.47. The van der Waals surface area contributed by atoms with E-state index < -0.39 is 0 Å². The molecule has 0 fully saturated rings. The number of aryl methyl sites for hydroxylation is 1. The zero-order valence-electron chi connectivity index (χ0n) is 10.9. The molecule has 0 saturated carbocycles. The number of anilines is 1. The predicted molar refractivity (Wildman–Crippen MR) is 74.6 cm³/mol. The van der Waals surface area contributed by atoms with E-state index in [0.717, 1.165) is 13.1 Å². The molecule has 2 aromatic rings. The lowest BCUT2D eigenvalue weighted by atomic mass is 10.2. The van der Waals surface area contributed by atoms with E-state index in [9.17, 15) is 0 Å². The smallest absolute Gasteiger partial charge is 0.0479 e. The molecule has 0 atom stereocenters. The van der Waals surface area contributed by atoms with Crippen molar-refractivity contribution in [1.29, 1.82) is 0 Å². The molecule has 1 heterocycles. The standard InChI is InChI=1S/C14H21N3/c1-16(2)9-4-8-15-13-5-6-14-12(11-13)7-10-17(14)3/h5-7,10-11,15H,4,8-9H2,1-3H3. The number of hydrogen-bond donors (Lipinski definition) is 1. The van der Waals surface area contributed by atoms with Crippen LogP contribution in [0.3, 0.4) is 0 Å². The molecular formula is C14H21N3. The molecule has 0 aliphatic heterocycles. The second-order valence-electron chi connectivity index (χ2n) is 4.78. The summed E-state index contributed by atoms with van der Waals surface area (Å²) in [5.41, 5.74) is 2.49. The summed E-state index contributed by atoms with van der Waals surface area (Å²) >= 11 is 0. The van der Waals surface area contributed by atoms with Crippen molar-refractivity contribution < 1.29 is 0 Å². The molecule has 2 rings (SSSR count). The number of aromatic nitrogens is 1. The molecule has 3 heteroatoms. The van der Waals surface area contributed by atoms with Gasteiger partial charge in [-0.3, -0.25) is 0 Å². The normalized spacial score (nSPS) is 11.3. The van der Waals surface area contributed by atoms with Crippen molar-refractivity contribution in [3.63, 3.8) is 0 Å². The van der Waals surface area contributed by atoms with Crippen molar-refractivity contribution in [3.8, 4) is 0 Å². The summed E-state index contributed by atoms with van der Waals surface area (Å²) in [4.78, 5) is 2.21. The lowest BCUT2D eigenvalue weighted by Gasteiger charge is -2.10. The van der Waals surface area contributed by atoms with Gasteiger partial charge in [0, 0.05) is 36.4 Å². The lowest BCUT2D eigenvalue weighted by Crippen LogP contribution is -2.16. The van der Waals surface area contributed by atoms with Crippen LogP contribution in [0.1, 0.15) is 6.42 Å². The fourth-order valence-electron chi connectivity index (χ4n) is 2.02. The average Bonchev–Trinajstić information content (AvgIpc) is 2.66. The van der Waals surface area contributed by atoms with E-state index in [1.54, 1.807) is 0 Å². The maximum Gasteiger partial charge on any atom is 0.0479 e. The van der Waals surface area contributed by atoms with Crippen LogP contribution in [0.15, 0.2) is 30.5 Å². The molecule has 0 amide bonds. The topological polar surface area (TPSA) is 20.2 Å². The lowest BCUT2D eigenvalue weighted by molar-refractivity contribution is 0.405. The summed E-state index contributed by atoms with van der Waals surface area (Å²) in [6, 6.07) is 8.69. The molecule has 1 N–H and O–H groups in total. The van der Waals surface area contributed by atoms with Crippen molar-refractivity contribution >= 4 is 16.6 Å². The Hall–Kier alpha value is -1.48. The molecule has 0 saturated heterocycles. The van der Waals surface area contributed by atoms with Gasteiger partial charge in [-0.2, -0.15) is 0 Å². The number of hydrogen-bond acceptors (Lipinski definition) is 2. The number of fused-ring (bicyclic) bond motifs is 1. The Morgan fingerprint density at radius 2 is 2.06 bits per heavy atom. The second-order valence-corrected chi connectivity index (χ2v) is 4.78. The fraction of sp³-hybridized carbons (Fsp3) is 0.429. The molecule has 1 aromatic heterocycles. The van der Waals surface area contributed by atoms with Crippen LogP contribution in [0.4, 0.5) is 5.69 Å². The van der Waals surface area contributed by atoms with Crippen molar-refractivity contribution in [2.45, 2.75) is 6.42 Å². The summed E-state index contributed by atoms with van der Waals surface area (Å²) in [7, 11) is 6.29. The van der Waals surface area contributed by atoms with Crippen LogP contribution in [0.25, 0.3) is 10.9 Å². The molecule has 1 aromatic carbocycles. The van der Waals surface area contributed by atoms with E-state index in [1.807, 2.05) is 0 Å². The van der Waals surface area contributed by atoms with E-state index in [2.05, 4.69) is 66.4 Å². The van der Waals surface area contributed by atoms with Crippen LogP contribution in [-0.4, -0.2) is 36.7 Å². The van der Waals surface area contributed by atoms with E-state index in [0.29, 0.717) is 0 Å². The highest BCUT2D eigenvalue weighted by Crippen LogP contribution is 2.19. The average molecular weight is 231 g/mol. The SMILES string of the molecule is CN(C)CCCNc1ccc2c(ccn2C)c1. The van der Waals surface area contributed by atoms with Gasteiger partial charge < -0.3 is 14.8 Å². The Morgan fingerprint density at radius 1 is 1.24 bits per heavy atom.